The van der Waals surface area contributed by atoms with E-state index in [1.807, 2.05) is 19.1 Å². The van der Waals surface area contributed by atoms with Crippen LogP contribution in [0.15, 0.2) is 52.1 Å². The summed E-state index contributed by atoms with van der Waals surface area (Å²) < 4.78 is 49.3. The van der Waals surface area contributed by atoms with Gasteiger partial charge in [-0.15, -0.1) is 0 Å². The second kappa shape index (κ2) is 8.48. The fraction of sp³-hybridized carbons (Fsp3) is 0.238. The van der Waals surface area contributed by atoms with E-state index in [1.165, 1.54) is 12.1 Å². The highest BCUT2D eigenvalue weighted by Crippen LogP contribution is 2.32. The van der Waals surface area contributed by atoms with Crippen LogP contribution in [0.3, 0.4) is 0 Å². The van der Waals surface area contributed by atoms with Gasteiger partial charge in [-0.1, -0.05) is 28.5 Å². The maximum absolute atomic E-state index is 12.7. The molecule has 0 unspecified atom stereocenters. The van der Waals surface area contributed by atoms with Crippen molar-refractivity contribution in [2.45, 2.75) is 33.1 Å². The smallest absolute Gasteiger partial charge is 0.416 e. The van der Waals surface area contributed by atoms with Crippen LogP contribution in [0.4, 0.5) is 13.2 Å². The third-order valence-corrected chi connectivity index (χ3v) is 4.68. The molecule has 0 saturated carbocycles. The fourth-order valence-electron chi connectivity index (χ4n) is 2.92. The molecule has 158 valence electrons. The van der Waals surface area contributed by atoms with Gasteiger partial charge in [0.1, 0.15) is 23.9 Å². The standard InChI is InChI=1S/C21H20F3N3O3/c1-12-9-17(8-5-15(12)10-19(25)26-28)29-11-18-13(2)20(30-27-18)14-3-6-16(7-4-14)21(22,23)24/h3-9,28H,10-11H2,1-2H3,(H2,25,26). The van der Waals surface area contributed by atoms with Gasteiger partial charge in [-0.25, -0.2) is 0 Å². The number of rotatable bonds is 6. The number of benzene rings is 2. The van der Waals surface area contributed by atoms with Crippen molar-refractivity contribution < 1.29 is 27.6 Å². The first kappa shape index (κ1) is 21.2. The minimum atomic E-state index is -4.39. The van der Waals surface area contributed by atoms with E-state index < -0.39 is 11.7 Å². The molecule has 0 aliphatic heterocycles. The minimum absolute atomic E-state index is 0.112. The van der Waals surface area contributed by atoms with E-state index in [2.05, 4.69) is 10.3 Å². The summed E-state index contributed by atoms with van der Waals surface area (Å²) in [5.41, 5.74) is 8.37. The summed E-state index contributed by atoms with van der Waals surface area (Å²) in [6, 6.07) is 10.1. The number of nitrogens with zero attached hydrogens (tertiary/aromatic N) is 2. The Kier molecular flexibility index (Phi) is 6.00. The van der Waals surface area contributed by atoms with Gasteiger partial charge in [-0.2, -0.15) is 13.2 Å². The molecule has 3 rings (SSSR count). The average Bonchev–Trinajstić information content (AvgIpc) is 3.08. The van der Waals surface area contributed by atoms with Crippen LogP contribution in [-0.2, 0) is 19.2 Å². The van der Waals surface area contributed by atoms with Crippen LogP contribution in [0.5, 0.6) is 5.75 Å². The average molecular weight is 419 g/mol. The number of ether oxygens (including phenoxy) is 1. The summed E-state index contributed by atoms with van der Waals surface area (Å²) in [4.78, 5) is 0. The van der Waals surface area contributed by atoms with Gasteiger partial charge in [-0.3, -0.25) is 0 Å². The van der Waals surface area contributed by atoms with E-state index in [1.54, 1.807) is 13.0 Å². The van der Waals surface area contributed by atoms with E-state index in [-0.39, 0.29) is 12.4 Å². The van der Waals surface area contributed by atoms with Crippen molar-refractivity contribution in [2.75, 3.05) is 0 Å². The first-order valence-corrected chi connectivity index (χ1v) is 9.00. The van der Waals surface area contributed by atoms with Gasteiger partial charge in [0.25, 0.3) is 0 Å². The third-order valence-electron chi connectivity index (χ3n) is 4.68. The molecule has 0 bridgehead atoms. The molecule has 3 N–H and O–H groups in total. The number of aryl methyl sites for hydroxylation is 1. The van der Waals surface area contributed by atoms with Crippen LogP contribution in [0, 0.1) is 13.8 Å². The number of amidine groups is 1. The van der Waals surface area contributed by atoms with Gasteiger partial charge in [0.15, 0.2) is 5.76 Å². The Balaban J connectivity index is 1.71. The second-order valence-corrected chi connectivity index (χ2v) is 6.80. The Morgan fingerprint density at radius 1 is 1.17 bits per heavy atom. The lowest BCUT2D eigenvalue weighted by molar-refractivity contribution is -0.137. The molecule has 30 heavy (non-hydrogen) atoms. The molecule has 6 nitrogen and oxygen atoms in total. The lowest BCUT2D eigenvalue weighted by atomic mass is 10.0. The van der Waals surface area contributed by atoms with Gasteiger partial charge in [0.05, 0.1) is 5.56 Å². The van der Waals surface area contributed by atoms with E-state index >= 15 is 0 Å². The molecule has 1 heterocycles. The monoisotopic (exact) mass is 419 g/mol. The summed E-state index contributed by atoms with van der Waals surface area (Å²) in [6.07, 6.45) is -4.07. The van der Waals surface area contributed by atoms with E-state index in [9.17, 15) is 13.2 Å². The zero-order valence-corrected chi connectivity index (χ0v) is 16.3. The van der Waals surface area contributed by atoms with Gasteiger partial charge in [0, 0.05) is 17.5 Å². The molecule has 0 aliphatic carbocycles. The van der Waals surface area contributed by atoms with Crippen LogP contribution >= 0.6 is 0 Å². The molecule has 0 spiro atoms. The minimum Gasteiger partial charge on any atom is -0.487 e. The Morgan fingerprint density at radius 2 is 1.87 bits per heavy atom. The van der Waals surface area contributed by atoms with E-state index in [0.29, 0.717) is 34.8 Å². The maximum Gasteiger partial charge on any atom is 0.416 e. The molecule has 2 aromatic carbocycles. The molecule has 0 fully saturated rings. The number of hydrogen-bond acceptors (Lipinski definition) is 5. The normalized spacial score (nSPS) is 12.2. The van der Waals surface area contributed by atoms with Crippen LogP contribution < -0.4 is 10.5 Å². The highest BCUT2D eigenvalue weighted by atomic mass is 19.4. The number of nitrogens with two attached hydrogens (primary N) is 1. The first-order chi connectivity index (χ1) is 14.2. The fourth-order valence-corrected chi connectivity index (χ4v) is 2.92. The zero-order chi connectivity index (χ0) is 21.9. The Labute approximate surface area is 170 Å². The van der Waals surface area contributed by atoms with Crippen molar-refractivity contribution in [2.24, 2.45) is 10.9 Å². The van der Waals surface area contributed by atoms with Gasteiger partial charge in [0.2, 0.25) is 0 Å². The molecule has 0 amide bonds. The van der Waals surface area contributed by atoms with Crippen LogP contribution in [-0.4, -0.2) is 16.2 Å². The van der Waals surface area contributed by atoms with E-state index in [0.717, 1.165) is 23.3 Å². The number of oxime groups is 1. The van der Waals surface area contributed by atoms with Crippen molar-refractivity contribution in [1.82, 2.24) is 5.16 Å². The summed E-state index contributed by atoms with van der Waals surface area (Å²) in [7, 11) is 0. The number of aromatic nitrogens is 1. The zero-order valence-electron chi connectivity index (χ0n) is 16.3. The molecule has 3 aromatic rings. The topological polar surface area (TPSA) is 93.9 Å². The predicted octanol–water partition coefficient (Wildman–Crippen LogP) is 4.85. The van der Waals surface area contributed by atoms with Crippen molar-refractivity contribution in [1.29, 1.82) is 0 Å². The summed E-state index contributed by atoms with van der Waals surface area (Å²) in [6.45, 7) is 3.79. The molecule has 9 heteroatoms. The maximum atomic E-state index is 12.7. The largest absolute Gasteiger partial charge is 0.487 e. The van der Waals surface area contributed by atoms with Crippen molar-refractivity contribution in [3.05, 3.63) is 70.4 Å². The summed E-state index contributed by atoms with van der Waals surface area (Å²) in [5.74, 6) is 1.11. The first-order valence-electron chi connectivity index (χ1n) is 9.00. The highest BCUT2D eigenvalue weighted by molar-refractivity contribution is 5.82. The number of hydrogen-bond donors (Lipinski definition) is 2. The molecule has 0 saturated heterocycles. The number of halogens is 3. The lowest BCUT2D eigenvalue weighted by Gasteiger charge is -2.09. The van der Waals surface area contributed by atoms with Crippen molar-refractivity contribution in [3.63, 3.8) is 0 Å². The van der Waals surface area contributed by atoms with Crippen LogP contribution in [0.25, 0.3) is 11.3 Å². The van der Waals surface area contributed by atoms with Gasteiger partial charge in [-0.05, 0) is 49.2 Å². The van der Waals surface area contributed by atoms with Crippen LogP contribution in [0.1, 0.15) is 27.9 Å². The van der Waals surface area contributed by atoms with Crippen molar-refractivity contribution >= 4 is 5.84 Å². The molecular weight excluding hydrogens is 399 g/mol. The molecule has 0 radical (unpaired) electrons. The number of alkyl halides is 3. The second-order valence-electron chi connectivity index (χ2n) is 6.80. The van der Waals surface area contributed by atoms with Gasteiger partial charge >= 0.3 is 6.18 Å². The Hall–Kier alpha value is -3.49. The SMILES string of the molecule is Cc1cc(OCc2noc(-c3ccc(C(F)(F)F)cc3)c2C)ccc1CC(N)=NO. The van der Waals surface area contributed by atoms with Crippen LogP contribution in [0.2, 0.25) is 0 Å². The lowest BCUT2D eigenvalue weighted by Crippen LogP contribution is -2.15. The molecule has 1 aromatic heterocycles. The van der Waals surface area contributed by atoms with Gasteiger partial charge < -0.3 is 20.2 Å². The molecule has 0 atom stereocenters. The summed E-state index contributed by atoms with van der Waals surface area (Å²) in [5, 5.41) is 15.6. The van der Waals surface area contributed by atoms with Crippen molar-refractivity contribution in [3.8, 4) is 17.1 Å². The highest BCUT2D eigenvalue weighted by Gasteiger charge is 2.30. The van der Waals surface area contributed by atoms with E-state index in [4.69, 9.17) is 20.2 Å². The Morgan fingerprint density at radius 3 is 2.47 bits per heavy atom. The quantitative estimate of drug-likeness (QED) is 0.258. The third kappa shape index (κ3) is 4.73. The Bertz CT molecular complexity index is 1060. The molecule has 0 aliphatic rings. The molecular formula is C21H20F3N3O3. The summed E-state index contributed by atoms with van der Waals surface area (Å²) >= 11 is 0. The predicted molar refractivity (Wildman–Crippen MR) is 104 cm³/mol.